The monoisotopic (exact) mass is 493 g/mol. The molecule has 4 rings (SSSR count). The number of nitrogens with zero attached hydrogens (tertiary/aromatic N) is 1. The van der Waals surface area contributed by atoms with Crippen LogP contribution in [0, 0.1) is 0 Å². The number of methoxy groups -OCH3 is 1. The lowest BCUT2D eigenvalue weighted by atomic mass is 10.2. The maximum atomic E-state index is 12.6. The van der Waals surface area contributed by atoms with Crippen LogP contribution >= 0.6 is 58.1 Å². The molecule has 0 saturated carbocycles. The number of carbonyl (C=O) groups is 1. The topological polar surface area (TPSA) is 63.2 Å². The van der Waals surface area contributed by atoms with Gasteiger partial charge in [-0.2, -0.15) is 0 Å². The van der Waals surface area contributed by atoms with Crippen LogP contribution in [0.25, 0.3) is 21.3 Å². The van der Waals surface area contributed by atoms with E-state index in [1.165, 1.54) is 22.7 Å². The van der Waals surface area contributed by atoms with Crippen molar-refractivity contribution in [2.24, 2.45) is 0 Å². The minimum atomic E-state index is -0.387. The molecule has 0 spiro atoms. The molecular formula is C20H13Cl2N3O2S3. The van der Waals surface area contributed by atoms with Gasteiger partial charge in [-0.25, -0.2) is 4.98 Å². The molecule has 2 aromatic carbocycles. The van der Waals surface area contributed by atoms with E-state index >= 15 is 0 Å². The zero-order valence-corrected chi connectivity index (χ0v) is 19.3. The zero-order valence-electron chi connectivity index (χ0n) is 15.4. The van der Waals surface area contributed by atoms with Crippen molar-refractivity contribution in [2.75, 3.05) is 12.4 Å². The third-order valence-electron chi connectivity index (χ3n) is 4.14. The fraction of sp³-hybridized carbons (Fsp3) is 0.0500. The molecule has 2 N–H and O–H groups in total. The summed E-state index contributed by atoms with van der Waals surface area (Å²) in [5, 5.41) is 9.94. The van der Waals surface area contributed by atoms with E-state index in [0.717, 1.165) is 27.1 Å². The largest absolute Gasteiger partial charge is 0.497 e. The Morgan fingerprint density at radius 2 is 1.93 bits per heavy atom. The van der Waals surface area contributed by atoms with Crippen LogP contribution in [0.1, 0.15) is 9.67 Å². The van der Waals surface area contributed by atoms with Crippen molar-refractivity contribution in [3.05, 3.63) is 62.8 Å². The summed E-state index contributed by atoms with van der Waals surface area (Å²) in [5.74, 6) is 0.389. The highest BCUT2D eigenvalue weighted by Crippen LogP contribution is 2.36. The molecule has 0 unspecified atom stereocenters. The number of aromatic nitrogens is 1. The fourth-order valence-corrected chi connectivity index (χ4v) is 5.37. The Bertz CT molecular complexity index is 1250. The predicted octanol–water partition coefficient (Wildman–Crippen LogP) is 6.47. The molecule has 0 fully saturated rings. The predicted molar refractivity (Wildman–Crippen MR) is 130 cm³/mol. The van der Waals surface area contributed by atoms with Gasteiger partial charge in [-0.05, 0) is 48.6 Å². The lowest BCUT2D eigenvalue weighted by molar-refractivity contribution is 0.0982. The summed E-state index contributed by atoms with van der Waals surface area (Å²) in [6.45, 7) is 0. The third-order valence-corrected chi connectivity index (χ3v) is 6.99. The van der Waals surface area contributed by atoms with Crippen molar-refractivity contribution in [3.8, 4) is 17.0 Å². The zero-order chi connectivity index (χ0) is 21.3. The Labute approximate surface area is 195 Å². The van der Waals surface area contributed by atoms with E-state index in [1.807, 2.05) is 29.6 Å². The van der Waals surface area contributed by atoms with Crippen LogP contribution in [0.2, 0.25) is 10.0 Å². The van der Waals surface area contributed by atoms with Crippen molar-refractivity contribution >= 4 is 84.3 Å². The fourth-order valence-electron chi connectivity index (χ4n) is 2.70. The number of thiazole rings is 1. The summed E-state index contributed by atoms with van der Waals surface area (Å²) >= 11 is 20.3. The Kier molecular flexibility index (Phi) is 6.21. The second-order valence-corrected chi connectivity index (χ2v) is 9.19. The normalized spacial score (nSPS) is 10.8. The van der Waals surface area contributed by atoms with Crippen LogP contribution in [-0.2, 0) is 0 Å². The summed E-state index contributed by atoms with van der Waals surface area (Å²) in [4.78, 5) is 17.5. The van der Waals surface area contributed by atoms with Gasteiger partial charge < -0.3 is 10.1 Å². The van der Waals surface area contributed by atoms with Crippen molar-refractivity contribution < 1.29 is 9.53 Å². The van der Waals surface area contributed by atoms with Gasteiger partial charge in [-0.3, -0.25) is 10.1 Å². The summed E-state index contributed by atoms with van der Waals surface area (Å²) in [7, 11) is 1.62. The lowest BCUT2D eigenvalue weighted by Gasteiger charge is -2.06. The molecule has 10 heteroatoms. The number of fused-ring (bicyclic) bond motifs is 1. The van der Waals surface area contributed by atoms with Gasteiger partial charge in [-0.1, -0.05) is 29.3 Å². The summed E-state index contributed by atoms with van der Waals surface area (Å²) in [6, 6.07) is 12.9. The van der Waals surface area contributed by atoms with Crippen LogP contribution in [0.4, 0.5) is 5.13 Å². The maximum Gasteiger partial charge on any atom is 0.269 e. The number of rotatable bonds is 4. The Morgan fingerprint density at radius 3 is 2.67 bits per heavy atom. The van der Waals surface area contributed by atoms with Gasteiger partial charge in [-0.15, -0.1) is 22.7 Å². The maximum absolute atomic E-state index is 12.6. The summed E-state index contributed by atoms with van der Waals surface area (Å²) < 4.78 is 6.00. The van der Waals surface area contributed by atoms with E-state index in [0.29, 0.717) is 20.1 Å². The standard InChI is InChI=1S/C20H13Cl2N3O2S3/c1-27-12-5-2-10(3-6-12)14-9-29-20(23-14)25-19(28)24-18(26)17-16(22)13-7-4-11(21)8-15(13)30-17/h2-9H,1H3,(H2,23,24,25,26,28). The van der Waals surface area contributed by atoms with E-state index in [2.05, 4.69) is 15.6 Å². The molecule has 2 heterocycles. The third kappa shape index (κ3) is 4.43. The number of hydrogen-bond donors (Lipinski definition) is 2. The van der Waals surface area contributed by atoms with Crippen molar-refractivity contribution in [2.45, 2.75) is 0 Å². The number of thiocarbonyl (C=S) groups is 1. The number of nitrogens with one attached hydrogen (secondary N) is 2. The van der Waals surface area contributed by atoms with Gasteiger partial charge in [0, 0.05) is 26.1 Å². The van der Waals surface area contributed by atoms with Gasteiger partial charge in [0.15, 0.2) is 10.2 Å². The highest BCUT2D eigenvalue weighted by Gasteiger charge is 2.18. The Morgan fingerprint density at radius 1 is 1.17 bits per heavy atom. The van der Waals surface area contributed by atoms with Gasteiger partial charge in [0.2, 0.25) is 0 Å². The van der Waals surface area contributed by atoms with E-state index in [1.54, 1.807) is 25.3 Å². The number of halogens is 2. The molecule has 0 bridgehead atoms. The van der Waals surface area contributed by atoms with E-state index in [-0.39, 0.29) is 11.0 Å². The number of amides is 1. The minimum Gasteiger partial charge on any atom is -0.497 e. The number of ether oxygens (including phenoxy) is 1. The van der Waals surface area contributed by atoms with E-state index in [9.17, 15) is 4.79 Å². The van der Waals surface area contributed by atoms with Crippen molar-refractivity contribution in [3.63, 3.8) is 0 Å². The minimum absolute atomic E-state index is 0.141. The number of hydrogen-bond acceptors (Lipinski definition) is 6. The second-order valence-electron chi connectivity index (χ2n) is 6.06. The number of anilines is 1. The molecule has 0 aliphatic rings. The molecule has 2 aromatic heterocycles. The molecule has 4 aromatic rings. The van der Waals surface area contributed by atoms with Gasteiger partial charge in [0.25, 0.3) is 5.91 Å². The summed E-state index contributed by atoms with van der Waals surface area (Å²) in [6.07, 6.45) is 0. The first kappa shape index (κ1) is 21.0. The average Bonchev–Trinajstić information content (AvgIpc) is 3.32. The summed E-state index contributed by atoms with van der Waals surface area (Å²) in [5.41, 5.74) is 1.74. The van der Waals surface area contributed by atoms with Crippen LogP contribution < -0.4 is 15.4 Å². The molecule has 5 nitrogen and oxygen atoms in total. The van der Waals surface area contributed by atoms with E-state index in [4.69, 9.17) is 40.2 Å². The number of thiophene rings is 1. The highest BCUT2D eigenvalue weighted by atomic mass is 35.5. The van der Waals surface area contributed by atoms with Crippen molar-refractivity contribution in [1.29, 1.82) is 0 Å². The molecule has 0 atom stereocenters. The first-order valence-electron chi connectivity index (χ1n) is 8.54. The molecule has 0 saturated heterocycles. The number of benzene rings is 2. The Balaban J connectivity index is 1.44. The molecule has 0 aliphatic heterocycles. The van der Waals surface area contributed by atoms with Crippen LogP contribution in [0.3, 0.4) is 0 Å². The smallest absolute Gasteiger partial charge is 0.269 e. The molecule has 152 valence electrons. The second kappa shape index (κ2) is 8.87. The van der Waals surface area contributed by atoms with Crippen LogP contribution in [0.5, 0.6) is 5.75 Å². The average molecular weight is 494 g/mol. The highest BCUT2D eigenvalue weighted by molar-refractivity contribution is 7.80. The molecule has 0 aliphatic carbocycles. The Hall–Kier alpha value is -2.23. The van der Waals surface area contributed by atoms with Crippen molar-refractivity contribution in [1.82, 2.24) is 10.3 Å². The SMILES string of the molecule is COc1ccc(-c2csc(NC(=S)NC(=O)c3sc4cc(Cl)ccc4c3Cl)n2)cc1. The van der Waals surface area contributed by atoms with Gasteiger partial charge in [0.1, 0.15) is 10.6 Å². The molecular weight excluding hydrogens is 481 g/mol. The van der Waals surface area contributed by atoms with Gasteiger partial charge in [0.05, 0.1) is 17.8 Å². The number of carbonyl (C=O) groups excluding carboxylic acids is 1. The van der Waals surface area contributed by atoms with Crippen LogP contribution in [0.15, 0.2) is 47.8 Å². The molecule has 30 heavy (non-hydrogen) atoms. The van der Waals surface area contributed by atoms with Crippen LogP contribution in [-0.4, -0.2) is 23.1 Å². The molecule has 0 radical (unpaired) electrons. The van der Waals surface area contributed by atoms with Gasteiger partial charge >= 0.3 is 0 Å². The van der Waals surface area contributed by atoms with E-state index < -0.39 is 0 Å². The first-order chi connectivity index (χ1) is 14.4. The lowest BCUT2D eigenvalue weighted by Crippen LogP contribution is -2.33. The molecule has 1 amide bonds. The quantitative estimate of drug-likeness (QED) is 0.319. The first-order valence-corrected chi connectivity index (χ1v) is 11.4.